The third-order valence-electron chi connectivity index (χ3n) is 4.89. The zero-order chi connectivity index (χ0) is 28.8. The fraction of sp³-hybridized carbons (Fsp3) is 0.238. The third-order valence-corrected chi connectivity index (χ3v) is 7.40. The van der Waals surface area contributed by atoms with E-state index in [1.807, 2.05) is 5.32 Å². The Balaban J connectivity index is 1.79. The minimum atomic E-state index is -4.22. The summed E-state index contributed by atoms with van der Waals surface area (Å²) >= 11 is 7.12. The van der Waals surface area contributed by atoms with Crippen molar-refractivity contribution in [1.29, 1.82) is 0 Å². The molecule has 0 saturated heterocycles. The average Bonchev–Trinajstić information content (AvgIpc) is 3.47. The number of nitrogens with one attached hydrogen (secondary N) is 2. The monoisotopic (exact) mass is 541 g/mol. The Morgan fingerprint density at radius 1 is 1.37 bits per heavy atom. The molecule has 11 nitrogen and oxygen atoms in total. The minimum absolute atomic E-state index is 0.00287. The van der Waals surface area contributed by atoms with E-state index in [0.717, 1.165) is 22.2 Å². The summed E-state index contributed by atoms with van der Waals surface area (Å²) in [5.74, 6) is -0.897. The highest BCUT2D eigenvalue weighted by Gasteiger charge is 2.25. The maximum Gasteiger partial charge on any atom is 0.420 e. The van der Waals surface area contributed by atoms with Gasteiger partial charge in [0.2, 0.25) is 5.13 Å². The fourth-order valence-electron chi connectivity index (χ4n) is 3.37. The zero-order valence-corrected chi connectivity index (χ0v) is 20.2. The summed E-state index contributed by atoms with van der Waals surface area (Å²) in [7, 11) is -4.22. The maximum absolute atomic E-state index is 12.9. The SMILES string of the molecule is [2H]C([2H])(CNC(=O)O)C([2H])([2H])c1ccccc1[C@@H](C)n1c(=O)oc2cc(S(=O)(=O)Nc3ncns3)c(Cl)cc21. The third kappa shape index (κ3) is 5.31. The first-order chi connectivity index (χ1) is 18.2. The molecule has 4 rings (SSSR count). The average molecular weight is 542 g/mol. The fourth-order valence-corrected chi connectivity index (χ4v) is 5.57. The van der Waals surface area contributed by atoms with Crippen molar-refractivity contribution in [3.05, 3.63) is 69.4 Å². The van der Waals surface area contributed by atoms with Crippen LogP contribution in [-0.2, 0) is 16.4 Å². The van der Waals surface area contributed by atoms with Crippen LogP contribution in [0.15, 0.2) is 56.8 Å². The second kappa shape index (κ2) is 10.1. The number of carbonyl (C=O) groups is 1. The Morgan fingerprint density at radius 2 is 2.14 bits per heavy atom. The van der Waals surface area contributed by atoms with E-state index in [1.165, 1.54) is 30.6 Å². The molecule has 0 aliphatic heterocycles. The van der Waals surface area contributed by atoms with Gasteiger partial charge in [0.25, 0.3) is 10.0 Å². The Labute approximate surface area is 214 Å². The number of benzene rings is 2. The Hall–Kier alpha value is -3.42. The van der Waals surface area contributed by atoms with E-state index in [-0.39, 0.29) is 37.3 Å². The normalized spacial score (nSPS) is 15.0. The molecule has 3 N–H and O–H groups in total. The van der Waals surface area contributed by atoms with Crippen molar-refractivity contribution in [3.63, 3.8) is 0 Å². The van der Waals surface area contributed by atoms with Crippen LogP contribution in [0.2, 0.25) is 5.02 Å². The van der Waals surface area contributed by atoms with Gasteiger partial charge in [0.1, 0.15) is 11.2 Å². The smallest absolute Gasteiger partial charge is 0.420 e. The van der Waals surface area contributed by atoms with Gasteiger partial charge in [0.15, 0.2) is 5.58 Å². The second-order valence-corrected chi connectivity index (χ2v) is 9.90. The van der Waals surface area contributed by atoms with Gasteiger partial charge < -0.3 is 14.8 Å². The lowest BCUT2D eigenvalue weighted by molar-refractivity contribution is 0.194. The molecule has 0 aliphatic carbocycles. The van der Waals surface area contributed by atoms with Gasteiger partial charge in [-0.3, -0.25) is 9.29 Å². The van der Waals surface area contributed by atoms with Crippen LogP contribution in [-0.4, -0.2) is 40.1 Å². The number of aromatic nitrogens is 3. The number of rotatable bonds is 9. The molecule has 2 heterocycles. The molecular formula is C21H20ClN5O6S2. The van der Waals surface area contributed by atoms with Crippen LogP contribution < -0.4 is 15.8 Å². The number of anilines is 1. The Kier molecular flexibility index (Phi) is 5.70. The van der Waals surface area contributed by atoms with Crippen molar-refractivity contribution < 1.29 is 28.2 Å². The predicted molar refractivity (Wildman–Crippen MR) is 131 cm³/mol. The predicted octanol–water partition coefficient (Wildman–Crippen LogP) is 3.71. The highest BCUT2D eigenvalue weighted by Crippen LogP contribution is 2.32. The molecule has 0 fully saturated rings. The zero-order valence-electron chi connectivity index (χ0n) is 21.9. The standard InChI is InChI=1S/C21H20ClN5O6S2/c1-12(14-7-3-2-5-13(14)6-4-8-23-20(28)29)27-16-9-15(22)18(10-17(16)33-21(27)30)35(31,32)26-19-24-11-25-34-19/h2-3,5,7,9-12,23H,4,6,8H2,1H3,(H,28,29)(H,24,25,26)/t12-/m1/s1/i4D2,6D2. The van der Waals surface area contributed by atoms with Crippen molar-refractivity contribution in [2.24, 2.45) is 0 Å². The van der Waals surface area contributed by atoms with Crippen LogP contribution in [0.1, 0.15) is 35.9 Å². The lowest BCUT2D eigenvalue weighted by Gasteiger charge is -2.18. The molecular weight excluding hydrogens is 518 g/mol. The highest BCUT2D eigenvalue weighted by atomic mass is 35.5. The van der Waals surface area contributed by atoms with Crippen LogP contribution >= 0.6 is 23.1 Å². The largest absolute Gasteiger partial charge is 0.465 e. The molecule has 0 radical (unpaired) electrons. The molecule has 14 heteroatoms. The maximum atomic E-state index is 12.9. The molecule has 0 spiro atoms. The van der Waals surface area contributed by atoms with Gasteiger partial charge in [-0.2, -0.15) is 4.37 Å². The van der Waals surface area contributed by atoms with Crippen LogP contribution in [0.25, 0.3) is 11.1 Å². The van der Waals surface area contributed by atoms with Gasteiger partial charge in [-0.05, 0) is 36.9 Å². The van der Waals surface area contributed by atoms with Gasteiger partial charge in [0, 0.05) is 29.6 Å². The van der Waals surface area contributed by atoms with E-state index in [9.17, 15) is 18.0 Å². The van der Waals surface area contributed by atoms with Crippen molar-refractivity contribution in [1.82, 2.24) is 19.2 Å². The van der Waals surface area contributed by atoms with E-state index >= 15 is 0 Å². The van der Waals surface area contributed by atoms with E-state index in [1.54, 1.807) is 13.0 Å². The number of hydrogen-bond acceptors (Lipinski definition) is 8. The number of fused-ring (bicyclic) bond motifs is 1. The lowest BCUT2D eigenvalue weighted by Crippen LogP contribution is -2.23. The van der Waals surface area contributed by atoms with E-state index in [4.69, 9.17) is 26.6 Å². The molecule has 184 valence electrons. The molecule has 1 amide bonds. The molecule has 2 aromatic carbocycles. The number of oxazole rings is 1. The first kappa shape index (κ1) is 19.8. The molecule has 0 unspecified atom stereocenters. The molecule has 0 aliphatic rings. The summed E-state index contributed by atoms with van der Waals surface area (Å²) in [5, 5.41) is 10.5. The van der Waals surface area contributed by atoms with Crippen molar-refractivity contribution in [3.8, 4) is 0 Å². The molecule has 1 atom stereocenters. The molecule has 2 aromatic heterocycles. The number of aryl methyl sites for hydroxylation is 1. The summed E-state index contributed by atoms with van der Waals surface area (Å²) in [6.07, 6.45) is -5.71. The lowest BCUT2D eigenvalue weighted by atomic mass is 9.97. The number of halogens is 1. The number of hydrogen-bond donors (Lipinski definition) is 3. The summed E-state index contributed by atoms with van der Waals surface area (Å²) in [5.41, 5.74) is 0.0772. The van der Waals surface area contributed by atoms with Gasteiger partial charge in [-0.15, -0.1) is 0 Å². The first-order valence-electron chi connectivity index (χ1n) is 11.9. The van der Waals surface area contributed by atoms with E-state index in [2.05, 4.69) is 14.1 Å². The number of carboxylic acid groups (broad SMARTS) is 1. The van der Waals surface area contributed by atoms with Gasteiger partial charge >= 0.3 is 11.8 Å². The topological polar surface area (TPSA) is 156 Å². The molecule has 4 aromatic rings. The Bertz CT molecular complexity index is 1710. The Morgan fingerprint density at radius 3 is 2.86 bits per heavy atom. The van der Waals surface area contributed by atoms with Crippen LogP contribution in [0, 0.1) is 0 Å². The van der Waals surface area contributed by atoms with Crippen molar-refractivity contribution in [2.75, 3.05) is 11.3 Å². The highest BCUT2D eigenvalue weighted by molar-refractivity contribution is 7.93. The van der Waals surface area contributed by atoms with Crippen LogP contribution in [0.4, 0.5) is 9.93 Å². The van der Waals surface area contributed by atoms with Gasteiger partial charge in [-0.25, -0.2) is 23.0 Å². The van der Waals surface area contributed by atoms with Crippen molar-refractivity contribution >= 4 is 55.5 Å². The number of sulfonamides is 1. The summed E-state index contributed by atoms with van der Waals surface area (Å²) < 4.78 is 71.6. The van der Waals surface area contributed by atoms with Gasteiger partial charge in [0.05, 0.1) is 16.6 Å². The second-order valence-electron chi connectivity index (χ2n) is 7.06. The van der Waals surface area contributed by atoms with Crippen LogP contribution in [0.5, 0.6) is 0 Å². The van der Waals surface area contributed by atoms with Crippen molar-refractivity contribution in [2.45, 2.75) is 30.6 Å². The first-order valence-corrected chi connectivity index (χ1v) is 12.5. The number of nitrogens with zero attached hydrogens (tertiary/aromatic N) is 3. The van der Waals surface area contributed by atoms with E-state index < -0.39 is 47.2 Å². The van der Waals surface area contributed by atoms with Gasteiger partial charge in [-0.1, -0.05) is 35.9 Å². The summed E-state index contributed by atoms with van der Waals surface area (Å²) in [6.45, 7) is 0.719. The summed E-state index contributed by atoms with van der Waals surface area (Å²) in [4.78, 5) is 27.2. The molecule has 0 saturated carbocycles. The number of amides is 1. The summed E-state index contributed by atoms with van der Waals surface area (Å²) in [6, 6.07) is 7.25. The molecule has 35 heavy (non-hydrogen) atoms. The minimum Gasteiger partial charge on any atom is -0.465 e. The quantitative estimate of drug-likeness (QED) is 0.289. The molecule has 0 bridgehead atoms. The van der Waals surface area contributed by atoms with E-state index in [0.29, 0.717) is 0 Å². The van der Waals surface area contributed by atoms with Crippen LogP contribution in [0.3, 0.4) is 0 Å².